The summed E-state index contributed by atoms with van der Waals surface area (Å²) >= 11 is 0. The minimum atomic E-state index is -0.901. The lowest BCUT2D eigenvalue weighted by atomic mass is 9.89. The lowest BCUT2D eigenvalue weighted by Crippen LogP contribution is -2.60. The first-order valence-electron chi connectivity index (χ1n) is 23.1. The van der Waals surface area contributed by atoms with Gasteiger partial charge in [-0.15, -0.1) is 0 Å². The Kier molecular flexibility index (Phi) is 21.7. The lowest BCUT2D eigenvalue weighted by molar-refractivity contribution is -0.149. The van der Waals surface area contributed by atoms with E-state index >= 15 is 0 Å². The smallest absolute Gasteiger partial charge is 0.328 e. The molecule has 0 spiro atoms. The second-order valence-corrected chi connectivity index (χ2v) is 18.5. The molecule has 1 saturated heterocycles. The van der Waals surface area contributed by atoms with Crippen molar-refractivity contribution < 1.29 is 42.9 Å². The van der Waals surface area contributed by atoms with Crippen LogP contribution in [-0.4, -0.2) is 135 Å². The van der Waals surface area contributed by atoms with Crippen molar-refractivity contribution in [3.63, 3.8) is 0 Å². The van der Waals surface area contributed by atoms with E-state index in [1.807, 2.05) is 122 Å². The zero-order valence-electron chi connectivity index (χ0n) is 41.1. The molecule has 2 N–H and O–H groups in total. The van der Waals surface area contributed by atoms with Gasteiger partial charge in [0.15, 0.2) is 0 Å². The molecular weight excluding hydrogens is 815 g/mol. The number of methoxy groups -OCH3 is 3. The molecule has 0 bridgehead atoms. The van der Waals surface area contributed by atoms with Crippen LogP contribution in [0, 0.1) is 23.7 Å². The van der Waals surface area contributed by atoms with E-state index in [2.05, 4.69) is 10.6 Å². The summed E-state index contributed by atoms with van der Waals surface area (Å²) in [5, 5.41) is 6.00. The van der Waals surface area contributed by atoms with E-state index < -0.39 is 54.3 Å². The van der Waals surface area contributed by atoms with E-state index in [0.717, 1.165) is 23.3 Å². The number of likely N-dealkylation sites (tertiary alicyclic amines) is 1. The van der Waals surface area contributed by atoms with Gasteiger partial charge in [0.25, 0.3) is 0 Å². The maximum absolute atomic E-state index is 14.6. The maximum Gasteiger partial charge on any atom is 0.328 e. The van der Waals surface area contributed by atoms with Crippen LogP contribution in [0.4, 0.5) is 0 Å². The first-order valence-corrected chi connectivity index (χ1v) is 23.1. The number of likely N-dealkylation sites (N-methyl/N-ethyl adjacent to an activating group) is 2. The first-order chi connectivity index (χ1) is 30.3. The zero-order chi connectivity index (χ0) is 47.8. The van der Waals surface area contributed by atoms with Crippen molar-refractivity contribution in [2.45, 2.75) is 149 Å². The molecule has 14 heteroatoms. The van der Waals surface area contributed by atoms with E-state index in [1.165, 1.54) is 14.2 Å². The highest BCUT2D eigenvalue weighted by Crippen LogP contribution is 2.30. The Morgan fingerprint density at radius 1 is 0.797 bits per heavy atom. The molecule has 0 unspecified atom stereocenters. The number of nitrogens with zero attached hydrogens (tertiary/aromatic N) is 3. The van der Waals surface area contributed by atoms with Gasteiger partial charge in [-0.05, 0) is 74.8 Å². The van der Waals surface area contributed by atoms with Crippen LogP contribution >= 0.6 is 0 Å². The molecule has 4 amide bonds. The van der Waals surface area contributed by atoms with E-state index in [-0.39, 0.29) is 60.3 Å². The first kappa shape index (κ1) is 53.8. The van der Waals surface area contributed by atoms with Crippen LogP contribution in [0.5, 0.6) is 5.75 Å². The minimum Gasteiger partial charge on any atom is -0.491 e. The summed E-state index contributed by atoms with van der Waals surface area (Å²) in [6.07, 6.45) is 1.03. The highest BCUT2D eigenvalue weighted by Gasteiger charge is 2.43. The predicted octanol–water partition coefficient (Wildman–Crippen LogP) is 5.89. The molecule has 3 rings (SSSR count). The van der Waals surface area contributed by atoms with Crippen molar-refractivity contribution in [1.82, 2.24) is 25.3 Å². The molecule has 358 valence electrons. The van der Waals surface area contributed by atoms with Crippen molar-refractivity contribution in [3.05, 3.63) is 65.7 Å². The molecule has 9 atom stereocenters. The van der Waals surface area contributed by atoms with E-state index in [0.29, 0.717) is 25.9 Å². The van der Waals surface area contributed by atoms with Crippen molar-refractivity contribution in [1.29, 1.82) is 0 Å². The molecule has 0 saturated carbocycles. The number of carbonyl (C=O) groups is 5. The number of rotatable bonds is 25. The molecule has 64 heavy (non-hydrogen) atoms. The molecule has 1 aliphatic heterocycles. The zero-order valence-corrected chi connectivity index (χ0v) is 41.1. The molecule has 2 aromatic rings. The lowest BCUT2D eigenvalue weighted by Gasteiger charge is -2.41. The fourth-order valence-electron chi connectivity index (χ4n) is 9.11. The predicted molar refractivity (Wildman–Crippen MR) is 249 cm³/mol. The Hall–Kier alpha value is -4.53. The molecule has 14 nitrogen and oxygen atoms in total. The number of amides is 4. The summed E-state index contributed by atoms with van der Waals surface area (Å²) < 4.78 is 22.9. The number of ether oxygens (including phenoxy) is 4. The van der Waals surface area contributed by atoms with Crippen molar-refractivity contribution >= 4 is 29.6 Å². The van der Waals surface area contributed by atoms with Crippen LogP contribution in [0.2, 0.25) is 0 Å². The summed E-state index contributed by atoms with van der Waals surface area (Å²) in [6.45, 7) is 18.6. The fraction of sp³-hybridized carbons (Fsp3) is 0.660. The summed E-state index contributed by atoms with van der Waals surface area (Å²) in [5.41, 5.74) is 1.91. The van der Waals surface area contributed by atoms with E-state index in [9.17, 15) is 24.0 Å². The summed E-state index contributed by atoms with van der Waals surface area (Å²) in [7, 11) is 8.03. The summed E-state index contributed by atoms with van der Waals surface area (Å²) in [5.74, 6) is -1.87. The molecule has 0 aromatic heterocycles. The monoisotopic (exact) mass is 894 g/mol. The van der Waals surface area contributed by atoms with Crippen LogP contribution in [-0.2, 0) is 51.1 Å². The van der Waals surface area contributed by atoms with Gasteiger partial charge >= 0.3 is 5.97 Å². The second kappa shape index (κ2) is 25.8. The number of carbonyl (C=O) groups excluding carboxylic acids is 5. The standard InChI is InChI=1S/C50H79N5O9/c1-15-34(8)45(54(11)49(59)43(31(2)3)52-48(58)44(32(4)5)53(10)30-37-23-25-38(26-24-37)64-33(6)7)41(61-12)29-42(56)55-27-19-22-40(55)46(62-13)35(9)47(57)51-39(50(60)63-14)28-36-20-17-16-18-21-36/h16-18,20-21,23-26,31-35,39-41,43-46H,15,19,22,27-30H2,1-14H3,(H,51,57)(H,52,58)/t34-,35+,39-,40-,41+,43-,44-,45-,46+/m0/s1. The quantitative estimate of drug-likeness (QED) is 0.115. The SMILES string of the molecule is CC[C@H](C)[C@@H]([C@@H](CC(=O)N1CCC[C@H]1[C@H](OC)[C@@H](C)C(=O)N[C@@H](Cc1ccccc1)C(=O)OC)OC)N(C)C(=O)[C@@H](NC(=O)[C@H](C(C)C)N(C)Cc1ccc(OC(C)C)cc1)C(C)C. The van der Waals surface area contributed by atoms with Gasteiger partial charge < -0.3 is 39.4 Å². The second-order valence-electron chi connectivity index (χ2n) is 18.5. The van der Waals surface area contributed by atoms with Gasteiger partial charge in [0, 0.05) is 40.8 Å². The van der Waals surface area contributed by atoms with Gasteiger partial charge in [0.2, 0.25) is 23.6 Å². The van der Waals surface area contributed by atoms with Gasteiger partial charge in [-0.2, -0.15) is 0 Å². The highest BCUT2D eigenvalue weighted by molar-refractivity contribution is 5.90. The maximum atomic E-state index is 14.6. The fourth-order valence-corrected chi connectivity index (χ4v) is 9.11. The van der Waals surface area contributed by atoms with Crippen LogP contribution in [0.1, 0.15) is 99.1 Å². The summed E-state index contributed by atoms with van der Waals surface area (Å²) in [6, 6.07) is 14.1. The van der Waals surface area contributed by atoms with Crippen molar-refractivity contribution in [2.24, 2.45) is 23.7 Å². The third kappa shape index (κ3) is 14.7. The van der Waals surface area contributed by atoms with Crippen LogP contribution in [0.3, 0.4) is 0 Å². The topological polar surface area (TPSA) is 156 Å². The Bertz CT molecular complexity index is 1770. The van der Waals surface area contributed by atoms with E-state index in [1.54, 1.807) is 30.9 Å². The highest BCUT2D eigenvalue weighted by atomic mass is 16.5. The average Bonchev–Trinajstić information content (AvgIpc) is 3.75. The molecular formula is C50H79N5O9. The average molecular weight is 894 g/mol. The largest absolute Gasteiger partial charge is 0.491 e. The number of benzene rings is 2. The van der Waals surface area contributed by atoms with Crippen LogP contribution < -0.4 is 15.4 Å². The van der Waals surface area contributed by atoms with Gasteiger partial charge in [-0.1, -0.05) is 97.4 Å². The van der Waals surface area contributed by atoms with Gasteiger partial charge in [0.05, 0.1) is 55.9 Å². The molecule has 1 fully saturated rings. The van der Waals surface area contributed by atoms with Crippen molar-refractivity contribution in [3.8, 4) is 5.75 Å². The normalized spacial score (nSPS) is 17.9. The Balaban J connectivity index is 1.78. The number of hydrogen-bond acceptors (Lipinski definition) is 10. The van der Waals surface area contributed by atoms with Crippen molar-refractivity contribution in [2.75, 3.05) is 42.0 Å². The minimum absolute atomic E-state index is 0.0123. The summed E-state index contributed by atoms with van der Waals surface area (Å²) in [4.78, 5) is 75.1. The Morgan fingerprint density at radius 3 is 1.97 bits per heavy atom. The Morgan fingerprint density at radius 2 is 1.44 bits per heavy atom. The van der Waals surface area contributed by atoms with E-state index in [4.69, 9.17) is 18.9 Å². The third-order valence-electron chi connectivity index (χ3n) is 12.7. The molecule has 1 aliphatic rings. The van der Waals surface area contributed by atoms with Gasteiger partial charge in [-0.3, -0.25) is 24.1 Å². The molecule has 2 aromatic carbocycles. The van der Waals surface area contributed by atoms with Crippen LogP contribution in [0.15, 0.2) is 54.6 Å². The number of nitrogens with one attached hydrogen (secondary N) is 2. The van der Waals surface area contributed by atoms with Crippen LogP contribution in [0.25, 0.3) is 0 Å². The molecule has 0 aliphatic carbocycles. The van der Waals surface area contributed by atoms with Gasteiger partial charge in [0.1, 0.15) is 17.8 Å². The number of esters is 1. The number of hydrogen-bond donors (Lipinski definition) is 2. The Labute approximate surface area is 383 Å². The molecule has 1 heterocycles. The third-order valence-corrected chi connectivity index (χ3v) is 12.7. The van der Waals surface area contributed by atoms with Gasteiger partial charge in [-0.25, -0.2) is 4.79 Å². The molecule has 0 radical (unpaired) electrons.